The number of pyridine rings is 1. The lowest BCUT2D eigenvalue weighted by molar-refractivity contribution is -0.137. The molecule has 4 nitrogen and oxygen atoms in total. The van der Waals surface area contributed by atoms with Crippen molar-refractivity contribution in [2.75, 3.05) is 0 Å². The lowest BCUT2D eigenvalue weighted by atomic mass is 10.0. The third-order valence-electron chi connectivity index (χ3n) is 3.84. The molecule has 0 fully saturated rings. The van der Waals surface area contributed by atoms with Crippen LogP contribution in [0.3, 0.4) is 0 Å². The van der Waals surface area contributed by atoms with E-state index in [1.54, 1.807) is 6.92 Å². The number of rotatable bonds is 5. The van der Waals surface area contributed by atoms with E-state index in [-0.39, 0.29) is 23.3 Å². The molecule has 1 amide bonds. The average molecular weight is 382 g/mol. The second-order valence-corrected chi connectivity index (χ2v) is 6.30. The molecule has 0 spiro atoms. The van der Waals surface area contributed by atoms with Crippen molar-refractivity contribution in [2.24, 2.45) is 0 Å². The number of hydrogen-bond acceptors (Lipinski definition) is 3. The summed E-state index contributed by atoms with van der Waals surface area (Å²) in [4.78, 5) is 27.8. The van der Waals surface area contributed by atoms with Gasteiger partial charge in [0.15, 0.2) is 0 Å². The second-order valence-electron chi connectivity index (χ2n) is 6.30. The summed E-state index contributed by atoms with van der Waals surface area (Å²) in [7, 11) is 0. The Morgan fingerprint density at radius 3 is 2.44 bits per heavy atom. The molecule has 0 bridgehead atoms. The highest BCUT2D eigenvalue weighted by Gasteiger charge is 2.31. The highest BCUT2D eigenvalue weighted by molar-refractivity contribution is 5.94. The summed E-state index contributed by atoms with van der Waals surface area (Å²) in [6.45, 7) is 4.43. The highest BCUT2D eigenvalue weighted by atomic mass is 19.4. The molecule has 1 N–H and O–H groups in total. The van der Waals surface area contributed by atoms with Crippen molar-refractivity contribution >= 4 is 11.7 Å². The molecule has 0 aliphatic carbocycles. The second kappa shape index (κ2) is 7.85. The minimum atomic E-state index is -4.62. The van der Waals surface area contributed by atoms with E-state index in [1.165, 1.54) is 26.0 Å². The van der Waals surface area contributed by atoms with Crippen LogP contribution < -0.4 is 5.32 Å². The molecule has 0 saturated carbocycles. The first-order chi connectivity index (χ1) is 12.5. The quantitative estimate of drug-likeness (QED) is 0.790. The molecule has 1 atom stereocenters. The van der Waals surface area contributed by atoms with Crippen molar-refractivity contribution in [3.63, 3.8) is 0 Å². The Kier molecular flexibility index (Phi) is 5.98. The number of nitrogens with zero attached hydrogens (tertiary/aromatic N) is 1. The Balaban J connectivity index is 2.26. The molecule has 1 aromatic carbocycles. The molecule has 27 heavy (non-hydrogen) atoms. The van der Waals surface area contributed by atoms with E-state index in [9.17, 15) is 27.2 Å². The lowest BCUT2D eigenvalue weighted by Crippen LogP contribution is -2.28. The first kappa shape index (κ1) is 20.5. The van der Waals surface area contributed by atoms with Gasteiger partial charge in [0, 0.05) is 28.9 Å². The fraction of sp³-hybridized carbons (Fsp3) is 0.316. The van der Waals surface area contributed by atoms with Gasteiger partial charge in [0.05, 0.1) is 11.6 Å². The molecule has 1 heterocycles. The zero-order chi connectivity index (χ0) is 20.4. The average Bonchev–Trinajstić information content (AvgIpc) is 2.52. The smallest absolute Gasteiger partial charge is 0.345 e. The number of aryl methyl sites for hydroxylation is 1. The number of hydrogen-bond donors (Lipinski definition) is 1. The van der Waals surface area contributed by atoms with Crippen LogP contribution in [0, 0.1) is 12.7 Å². The molecular weight excluding hydrogens is 364 g/mol. The predicted octanol–water partition coefficient (Wildman–Crippen LogP) is 4.17. The predicted molar refractivity (Wildman–Crippen MR) is 90.6 cm³/mol. The van der Waals surface area contributed by atoms with Gasteiger partial charge in [-0.05, 0) is 51.1 Å². The monoisotopic (exact) mass is 382 g/mol. The lowest BCUT2D eigenvalue weighted by Gasteiger charge is -2.17. The van der Waals surface area contributed by atoms with Gasteiger partial charge in [0.2, 0.25) is 0 Å². The van der Waals surface area contributed by atoms with Crippen LogP contribution in [0.4, 0.5) is 17.6 Å². The first-order valence-electron chi connectivity index (χ1n) is 8.12. The molecule has 2 aromatic rings. The number of aromatic nitrogens is 1. The van der Waals surface area contributed by atoms with E-state index in [1.807, 2.05) is 0 Å². The van der Waals surface area contributed by atoms with E-state index < -0.39 is 29.5 Å². The van der Waals surface area contributed by atoms with Gasteiger partial charge in [-0.1, -0.05) is 0 Å². The third kappa shape index (κ3) is 5.35. The first-order valence-corrected chi connectivity index (χ1v) is 8.12. The molecule has 1 unspecified atom stereocenters. The fourth-order valence-electron chi connectivity index (χ4n) is 2.62. The van der Waals surface area contributed by atoms with Gasteiger partial charge >= 0.3 is 6.18 Å². The van der Waals surface area contributed by atoms with Crippen LogP contribution in [0.2, 0.25) is 0 Å². The van der Waals surface area contributed by atoms with E-state index in [4.69, 9.17) is 0 Å². The zero-order valence-corrected chi connectivity index (χ0v) is 14.9. The van der Waals surface area contributed by atoms with Crippen molar-refractivity contribution in [1.82, 2.24) is 10.3 Å². The topological polar surface area (TPSA) is 59.1 Å². The van der Waals surface area contributed by atoms with Crippen LogP contribution >= 0.6 is 0 Å². The Morgan fingerprint density at radius 1 is 1.19 bits per heavy atom. The van der Waals surface area contributed by atoms with Crippen molar-refractivity contribution in [3.8, 4) is 0 Å². The summed E-state index contributed by atoms with van der Waals surface area (Å²) in [5.41, 5.74) is -0.156. The largest absolute Gasteiger partial charge is 0.416 e. The zero-order valence-electron chi connectivity index (χ0n) is 14.9. The summed E-state index contributed by atoms with van der Waals surface area (Å²) in [5.74, 6) is -1.58. The molecule has 0 aliphatic rings. The van der Waals surface area contributed by atoms with Crippen LogP contribution in [0.25, 0.3) is 0 Å². The fourth-order valence-corrected chi connectivity index (χ4v) is 2.62. The number of halogens is 4. The number of carbonyl (C=O) groups is 2. The highest BCUT2D eigenvalue weighted by Crippen LogP contribution is 2.31. The Labute approximate surface area is 153 Å². The van der Waals surface area contributed by atoms with Crippen molar-refractivity contribution in [2.45, 2.75) is 39.4 Å². The standard InChI is InChI=1S/C19H18F4N2O2/c1-10-6-13(8-15(24-10)7-11(2)26)18(27)25-12(3)16-9-14(19(21,22)23)4-5-17(16)20/h4-6,8-9,12H,7H2,1-3H3,(H,25,27). The van der Waals surface area contributed by atoms with Gasteiger partial charge in [0.1, 0.15) is 11.6 Å². The Morgan fingerprint density at radius 2 is 1.85 bits per heavy atom. The molecule has 0 radical (unpaired) electrons. The summed E-state index contributed by atoms with van der Waals surface area (Å²) >= 11 is 0. The molecule has 0 saturated heterocycles. The van der Waals surface area contributed by atoms with Gasteiger partial charge in [-0.25, -0.2) is 4.39 Å². The number of Topliss-reactive ketones (excluding diaryl/α,β-unsaturated/α-hetero) is 1. The summed E-state index contributed by atoms with van der Waals surface area (Å²) in [6, 6.07) is 3.96. The Bertz CT molecular complexity index is 878. The van der Waals surface area contributed by atoms with E-state index in [2.05, 4.69) is 10.3 Å². The number of benzene rings is 1. The minimum Gasteiger partial charge on any atom is -0.345 e. The van der Waals surface area contributed by atoms with Crippen LogP contribution in [0.15, 0.2) is 30.3 Å². The number of amides is 1. The normalized spacial score (nSPS) is 12.6. The van der Waals surface area contributed by atoms with Crippen LogP contribution in [-0.4, -0.2) is 16.7 Å². The van der Waals surface area contributed by atoms with Crippen molar-refractivity contribution in [1.29, 1.82) is 0 Å². The van der Waals surface area contributed by atoms with Crippen molar-refractivity contribution < 1.29 is 27.2 Å². The maximum Gasteiger partial charge on any atom is 0.416 e. The van der Waals surface area contributed by atoms with E-state index in [0.717, 1.165) is 6.07 Å². The minimum absolute atomic E-state index is 0.0553. The third-order valence-corrected chi connectivity index (χ3v) is 3.84. The van der Waals surface area contributed by atoms with Gasteiger partial charge in [-0.3, -0.25) is 14.6 Å². The van der Waals surface area contributed by atoms with Gasteiger partial charge in [-0.15, -0.1) is 0 Å². The van der Waals surface area contributed by atoms with Gasteiger partial charge < -0.3 is 5.32 Å². The SMILES string of the molecule is CC(=O)Cc1cc(C(=O)NC(C)c2cc(C(F)(F)F)ccc2F)cc(C)n1. The van der Waals surface area contributed by atoms with Crippen molar-refractivity contribution in [3.05, 3.63) is 64.2 Å². The Hall–Kier alpha value is -2.77. The van der Waals surface area contributed by atoms with Gasteiger partial charge in [-0.2, -0.15) is 13.2 Å². The maximum atomic E-state index is 14.0. The van der Waals surface area contributed by atoms with Gasteiger partial charge in [0.25, 0.3) is 5.91 Å². The molecule has 2 rings (SSSR count). The van der Waals surface area contributed by atoms with Crippen LogP contribution in [0.1, 0.15) is 52.8 Å². The molecule has 144 valence electrons. The number of nitrogens with one attached hydrogen (secondary N) is 1. The number of carbonyl (C=O) groups excluding carboxylic acids is 2. The van der Waals surface area contributed by atoms with E-state index in [0.29, 0.717) is 23.5 Å². The molecular formula is C19H18F4N2O2. The summed E-state index contributed by atoms with van der Waals surface area (Å²) in [5, 5.41) is 2.48. The van der Waals surface area contributed by atoms with Crippen LogP contribution in [-0.2, 0) is 17.4 Å². The summed E-state index contributed by atoms with van der Waals surface area (Å²) < 4.78 is 52.5. The molecule has 1 aromatic heterocycles. The van der Waals surface area contributed by atoms with E-state index >= 15 is 0 Å². The molecule has 8 heteroatoms. The maximum absolute atomic E-state index is 14.0. The summed E-state index contributed by atoms with van der Waals surface area (Å²) in [6.07, 6.45) is -4.56. The van der Waals surface area contributed by atoms with Crippen LogP contribution in [0.5, 0.6) is 0 Å². The number of alkyl halides is 3. The number of ketones is 1. The molecule has 0 aliphatic heterocycles.